The first-order chi connectivity index (χ1) is 16.9. The van der Waals surface area contributed by atoms with Crippen molar-refractivity contribution in [2.75, 3.05) is 23.3 Å². The third-order valence-corrected chi connectivity index (χ3v) is 6.80. The monoisotopic (exact) mass is 471 g/mol. The Bertz CT molecular complexity index is 1410. The minimum Gasteiger partial charge on any atom is -0.369 e. The lowest BCUT2D eigenvalue weighted by molar-refractivity contribution is -0.122. The molecule has 1 aromatic carbocycles. The molecule has 1 aliphatic heterocycles. The van der Waals surface area contributed by atoms with Crippen LogP contribution in [-0.2, 0) is 16.0 Å². The van der Waals surface area contributed by atoms with Crippen molar-refractivity contribution in [2.45, 2.75) is 39.5 Å². The molecule has 9 heteroatoms. The average molecular weight is 472 g/mol. The summed E-state index contributed by atoms with van der Waals surface area (Å²) in [6, 6.07) is 11.7. The molecule has 4 aromatic rings. The summed E-state index contributed by atoms with van der Waals surface area (Å²) in [6.45, 7) is 5.42. The van der Waals surface area contributed by atoms with Gasteiger partial charge in [0.25, 0.3) is 0 Å². The van der Waals surface area contributed by atoms with Crippen LogP contribution in [0.1, 0.15) is 36.2 Å². The van der Waals surface area contributed by atoms with E-state index < -0.39 is 0 Å². The quantitative estimate of drug-likeness (QED) is 0.446. The van der Waals surface area contributed by atoms with Gasteiger partial charge in [-0.05, 0) is 62.9 Å². The molecule has 1 fully saturated rings. The van der Waals surface area contributed by atoms with Crippen LogP contribution >= 0.6 is 0 Å². The molecule has 0 aliphatic carbocycles. The highest BCUT2D eigenvalue weighted by Crippen LogP contribution is 2.24. The molecule has 2 amide bonds. The normalized spacial score (nSPS) is 16.1. The van der Waals surface area contributed by atoms with Gasteiger partial charge in [-0.2, -0.15) is 5.10 Å². The molecule has 0 radical (unpaired) electrons. The molecule has 5 rings (SSSR count). The predicted octanol–water partition coefficient (Wildman–Crippen LogP) is 3.17. The van der Waals surface area contributed by atoms with Gasteiger partial charge in [-0.25, -0.2) is 14.5 Å². The predicted molar refractivity (Wildman–Crippen MR) is 135 cm³/mol. The van der Waals surface area contributed by atoms with Crippen LogP contribution in [0.25, 0.3) is 16.6 Å². The van der Waals surface area contributed by atoms with Crippen molar-refractivity contribution in [3.63, 3.8) is 0 Å². The van der Waals surface area contributed by atoms with Gasteiger partial charge in [0.1, 0.15) is 5.82 Å². The molecule has 1 unspecified atom stereocenters. The first-order valence-corrected chi connectivity index (χ1v) is 11.9. The lowest BCUT2D eigenvalue weighted by Crippen LogP contribution is -2.41. The van der Waals surface area contributed by atoms with Crippen LogP contribution in [-0.4, -0.2) is 44.5 Å². The average Bonchev–Trinajstić information content (AvgIpc) is 3.23. The van der Waals surface area contributed by atoms with Crippen LogP contribution in [0.5, 0.6) is 0 Å². The third-order valence-electron chi connectivity index (χ3n) is 6.80. The van der Waals surface area contributed by atoms with E-state index in [9.17, 15) is 9.59 Å². The molecule has 0 spiro atoms. The number of carbonyl (C=O) groups is 2. The molecule has 3 aromatic heterocycles. The van der Waals surface area contributed by atoms with E-state index in [0.29, 0.717) is 25.1 Å². The molecule has 3 N–H and O–H groups in total. The van der Waals surface area contributed by atoms with Crippen LogP contribution in [0, 0.1) is 19.8 Å². The topological polar surface area (TPSA) is 119 Å². The molecule has 1 aliphatic rings. The van der Waals surface area contributed by atoms with Crippen LogP contribution in [0.2, 0.25) is 0 Å². The minimum absolute atomic E-state index is 0.0872. The first kappa shape index (κ1) is 22.8. The summed E-state index contributed by atoms with van der Waals surface area (Å²) >= 11 is 0. The zero-order chi connectivity index (χ0) is 24.5. The number of nitrogens with one attached hydrogen (secondary N) is 1. The number of piperidine rings is 1. The highest BCUT2D eigenvalue weighted by Gasteiger charge is 2.24. The van der Waals surface area contributed by atoms with E-state index in [2.05, 4.69) is 20.3 Å². The largest absolute Gasteiger partial charge is 0.369 e. The Morgan fingerprint density at radius 2 is 2.00 bits per heavy atom. The number of hydrogen-bond donors (Lipinski definition) is 2. The Kier molecular flexibility index (Phi) is 6.07. The molecule has 9 nitrogen and oxygen atoms in total. The van der Waals surface area contributed by atoms with Gasteiger partial charge >= 0.3 is 0 Å². The van der Waals surface area contributed by atoms with E-state index in [0.717, 1.165) is 58.7 Å². The van der Waals surface area contributed by atoms with Gasteiger partial charge < -0.3 is 16.0 Å². The fraction of sp³-hybridized carbons (Fsp3) is 0.346. The maximum atomic E-state index is 12.7. The number of anilines is 2. The zero-order valence-corrected chi connectivity index (χ0v) is 20.0. The van der Waals surface area contributed by atoms with E-state index >= 15 is 0 Å². The second-order valence-electron chi connectivity index (χ2n) is 9.15. The number of rotatable bonds is 6. The van der Waals surface area contributed by atoms with Crippen LogP contribution in [0.3, 0.4) is 0 Å². The van der Waals surface area contributed by atoms with E-state index in [-0.39, 0.29) is 17.7 Å². The number of primary amides is 1. The van der Waals surface area contributed by atoms with E-state index in [1.165, 1.54) is 0 Å². The summed E-state index contributed by atoms with van der Waals surface area (Å²) in [6.07, 6.45) is 4.26. The standard InChI is InChI=1S/C26H29N7O2/c1-16-20(17(2)33-26(29-16)21-7-3-4-8-22(21)31-33)10-12-24(34)30-19-9-11-23(28-14-19)32-13-5-6-18(15-32)25(27)35/h3-4,7-9,11,14,18H,5-6,10,12-13,15H2,1-2H3,(H2,27,35)(H,30,34). The maximum Gasteiger partial charge on any atom is 0.224 e. The Morgan fingerprint density at radius 1 is 1.17 bits per heavy atom. The number of carbonyl (C=O) groups excluding carboxylic acids is 2. The van der Waals surface area contributed by atoms with Crippen LogP contribution in [0.4, 0.5) is 11.5 Å². The van der Waals surface area contributed by atoms with Crippen LogP contribution in [0.15, 0.2) is 42.6 Å². The van der Waals surface area contributed by atoms with Gasteiger partial charge in [0.2, 0.25) is 11.8 Å². The number of benzene rings is 1. The summed E-state index contributed by atoms with van der Waals surface area (Å²) in [4.78, 5) is 35.5. The Morgan fingerprint density at radius 3 is 2.77 bits per heavy atom. The summed E-state index contributed by atoms with van der Waals surface area (Å²) in [7, 11) is 0. The van der Waals surface area contributed by atoms with Crippen LogP contribution < -0.4 is 16.0 Å². The Labute approximate surface area is 203 Å². The second-order valence-corrected chi connectivity index (χ2v) is 9.15. The molecule has 0 bridgehead atoms. The number of pyridine rings is 1. The van der Waals surface area contributed by atoms with Crippen molar-refractivity contribution in [2.24, 2.45) is 11.7 Å². The fourth-order valence-corrected chi connectivity index (χ4v) is 4.86. The molecular formula is C26H29N7O2. The lowest BCUT2D eigenvalue weighted by atomic mass is 9.97. The van der Waals surface area contributed by atoms with Crippen molar-refractivity contribution in [3.8, 4) is 0 Å². The third kappa shape index (κ3) is 4.53. The van der Waals surface area contributed by atoms with Crippen molar-refractivity contribution >= 4 is 39.9 Å². The van der Waals surface area contributed by atoms with E-state index in [1.807, 2.05) is 54.8 Å². The molecule has 1 atom stereocenters. The number of aryl methyl sites for hydroxylation is 2. The Hall–Kier alpha value is -4.01. The molecule has 180 valence electrons. The number of nitrogens with zero attached hydrogens (tertiary/aromatic N) is 5. The number of aromatic nitrogens is 4. The highest BCUT2D eigenvalue weighted by atomic mass is 16.2. The molecule has 1 saturated heterocycles. The van der Waals surface area contributed by atoms with E-state index in [1.54, 1.807) is 6.20 Å². The number of hydrogen-bond acceptors (Lipinski definition) is 6. The highest BCUT2D eigenvalue weighted by molar-refractivity contribution is 5.92. The molecular weight excluding hydrogens is 442 g/mol. The lowest BCUT2D eigenvalue weighted by Gasteiger charge is -2.32. The molecule has 4 heterocycles. The minimum atomic E-state index is -0.265. The van der Waals surface area contributed by atoms with Crippen molar-refractivity contribution in [3.05, 3.63) is 59.5 Å². The summed E-state index contributed by atoms with van der Waals surface area (Å²) in [5.74, 6) is 0.284. The SMILES string of the molecule is Cc1nc2c3ccccc3nn2c(C)c1CCC(=O)Nc1ccc(N2CCCC(C(N)=O)C2)nc1. The van der Waals surface area contributed by atoms with Gasteiger partial charge in [0.05, 0.1) is 23.3 Å². The molecule has 35 heavy (non-hydrogen) atoms. The first-order valence-electron chi connectivity index (χ1n) is 11.9. The van der Waals surface area contributed by atoms with Gasteiger partial charge in [-0.3, -0.25) is 9.59 Å². The second kappa shape index (κ2) is 9.32. The van der Waals surface area contributed by atoms with Gasteiger partial charge in [0, 0.05) is 36.3 Å². The number of nitrogens with two attached hydrogens (primary N) is 1. The van der Waals surface area contributed by atoms with Crippen molar-refractivity contribution < 1.29 is 9.59 Å². The maximum absolute atomic E-state index is 12.7. The summed E-state index contributed by atoms with van der Waals surface area (Å²) in [5.41, 5.74) is 10.8. The molecule has 0 saturated carbocycles. The Balaban J connectivity index is 1.24. The van der Waals surface area contributed by atoms with Crippen molar-refractivity contribution in [1.29, 1.82) is 0 Å². The van der Waals surface area contributed by atoms with Gasteiger partial charge in [-0.1, -0.05) is 12.1 Å². The van der Waals surface area contributed by atoms with Gasteiger partial charge in [0.15, 0.2) is 5.65 Å². The number of fused-ring (bicyclic) bond motifs is 3. The summed E-state index contributed by atoms with van der Waals surface area (Å²) in [5, 5.41) is 8.64. The summed E-state index contributed by atoms with van der Waals surface area (Å²) < 4.78 is 1.87. The van der Waals surface area contributed by atoms with E-state index in [4.69, 9.17) is 10.7 Å². The number of amides is 2. The smallest absolute Gasteiger partial charge is 0.224 e. The van der Waals surface area contributed by atoms with Gasteiger partial charge in [-0.15, -0.1) is 0 Å². The van der Waals surface area contributed by atoms with Crippen molar-refractivity contribution in [1.82, 2.24) is 19.6 Å². The fourth-order valence-electron chi connectivity index (χ4n) is 4.86. The zero-order valence-electron chi connectivity index (χ0n) is 20.0.